The standard InChI is InChI=1S/C26H28N4O2S2/c1-3-14-28(15-4-2)23-20(24(31)29-16-9-8-12-22(29)27-23)18-21-25(32)30(26(33)34-21)17-13-19-10-6-5-7-11-19/h5-12,16,18H,3-4,13-15,17H2,1-2H3/b21-18-. The first-order valence-corrected chi connectivity index (χ1v) is 12.8. The summed E-state index contributed by atoms with van der Waals surface area (Å²) in [5.41, 5.74) is 1.98. The summed E-state index contributed by atoms with van der Waals surface area (Å²) in [6.45, 7) is 6.28. The molecule has 34 heavy (non-hydrogen) atoms. The molecule has 0 N–H and O–H groups in total. The lowest BCUT2D eigenvalue weighted by molar-refractivity contribution is -0.122. The second kappa shape index (κ2) is 11.0. The van der Waals surface area contributed by atoms with Gasteiger partial charge in [0.25, 0.3) is 11.5 Å². The first kappa shape index (κ1) is 24.2. The topological polar surface area (TPSA) is 57.9 Å². The van der Waals surface area contributed by atoms with E-state index in [4.69, 9.17) is 17.2 Å². The number of hydrogen-bond donors (Lipinski definition) is 0. The van der Waals surface area contributed by atoms with Gasteiger partial charge in [-0.3, -0.25) is 18.9 Å². The van der Waals surface area contributed by atoms with Gasteiger partial charge in [0.15, 0.2) is 0 Å². The Morgan fingerprint density at radius 1 is 1.03 bits per heavy atom. The first-order chi connectivity index (χ1) is 16.5. The molecule has 8 heteroatoms. The molecule has 1 aliphatic heterocycles. The molecule has 0 radical (unpaired) electrons. The summed E-state index contributed by atoms with van der Waals surface area (Å²) >= 11 is 6.77. The van der Waals surface area contributed by atoms with Crippen LogP contribution in [0.25, 0.3) is 11.7 Å². The third kappa shape index (κ3) is 5.08. The average molecular weight is 493 g/mol. The molecule has 6 nitrogen and oxygen atoms in total. The molecule has 3 heterocycles. The van der Waals surface area contributed by atoms with Crippen molar-refractivity contribution >= 4 is 51.7 Å². The van der Waals surface area contributed by atoms with E-state index in [0.29, 0.717) is 39.2 Å². The molecule has 1 aliphatic rings. The largest absolute Gasteiger partial charge is 0.356 e. The molecule has 1 fully saturated rings. The molecule has 0 atom stereocenters. The number of benzene rings is 1. The molecular formula is C26H28N4O2S2. The zero-order chi connectivity index (χ0) is 24.1. The predicted molar refractivity (Wildman–Crippen MR) is 144 cm³/mol. The summed E-state index contributed by atoms with van der Waals surface area (Å²) in [5, 5.41) is 0. The number of rotatable bonds is 9. The van der Waals surface area contributed by atoms with Crippen molar-refractivity contribution in [2.24, 2.45) is 0 Å². The predicted octanol–water partition coefficient (Wildman–Crippen LogP) is 4.76. The minimum absolute atomic E-state index is 0.160. The molecule has 1 amide bonds. The second-order valence-corrected chi connectivity index (χ2v) is 9.81. The van der Waals surface area contributed by atoms with Gasteiger partial charge in [-0.25, -0.2) is 4.98 Å². The molecule has 0 saturated carbocycles. The number of carbonyl (C=O) groups excluding carboxylic acids is 1. The molecule has 176 valence electrons. The molecule has 0 bridgehead atoms. The third-order valence-corrected chi connectivity index (χ3v) is 7.03. The Hall–Kier alpha value is -2.97. The lowest BCUT2D eigenvalue weighted by Gasteiger charge is -2.24. The summed E-state index contributed by atoms with van der Waals surface area (Å²) < 4.78 is 2.04. The van der Waals surface area contributed by atoms with Gasteiger partial charge in [-0.1, -0.05) is 74.2 Å². The highest BCUT2D eigenvalue weighted by molar-refractivity contribution is 8.26. The number of anilines is 1. The summed E-state index contributed by atoms with van der Waals surface area (Å²) in [6.07, 6.45) is 5.96. The molecular weight excluding hydrogens is 464 g/mol. The van der Waals surface area contributed by atoms with E-state index in [1.165, 1.54) is 16.2 Å². The van der Waals surface area contributed by atoms with Crippen LogP contribution in [0, 0.1) is 0 Å². The quantitative estimate of drug-likeness (QED) is 0.317. The Morgan fingerprint density at radius 2 is 1.74 bits per heavy atom. The Labute approximate surface area is 209 Å². The molecule has 1 aromatic carbocycles. The highest BCUT2D eigenvalue weighted by Gasteiger charge is 2.32. The lowest BCUT2D eigenvalue weighted by atomic mass is 10.1. The molecule has 2 aromatic heterocycles. The monoisotopic (exact) mass is 492 g/mol. The van der Waals surface area contributed by atoms with Crippen LogP contribution in [0.2, 0.25) is 0 Å². The van der Waals surface area contributed by atoms with Gasteiger partial charge in [-0.15, -0.1) is 0 Å². The van der Waals surface area contributed by atoms with Gasteiger partial charge in [-0.2, -0.15) is 0 Å². The number of nitrogens with zero attached hydrogens (tertiary/aromatic N) is 4. The van der Waals surface area contributed by atoms with Crippen molar-refractivity contribution in [2.75, 3.05) is 24.5 Å². The van der Waals surface area contributed by atoms with Gasteiger partial charge in [0.2, 0.25) is 0 Å². The fraction of sp³-hybridized carbons (Fsp3) is 0.308. The van der Waals surface area contributed by atoms with Crippen molar-refractivity contribution < 1.29 is 4.79 Å². The van der Waals surface area contributed by atoms with Gasteiger partial charge in [0.05, 0.1) is 10.5 Å². The molecule has 0 spiro atoms. The first-order valence-electron chi connectivity index (χ1n) is 11.6. The van der Waals surface area contributed by atoms with Crippen LogP contribution in [0.4, 0.5) is 5.82 Å². The maximum absolute atomic E-state index is 13.5. The van der Waals surface area contributed by atoms with Crippen molar-refractivity contribution in [1.82, 2.24) is 14.3 Å². The molecule has 3 aromatic rings. The average Bonchev–Trinajstić information content (AvgIpc) is 3.12. The van der Waals surface area contributed by atoms with Crippen LogP contribution in [0.3, 0.4) is 0 Å². The fourth-order valence-electron chi connectivity index (χ4n) is 4.03. The van der Waals surface area contributed by atoms with Crippen LogP contribution in [-0.2, 0) is 11.2 Å². The molecule has 1 saturated heterocycles. The van der Waals surface area contributed by atoms with Crippen LogP contribution in [0.1, 0.15) is 37.8 Å². The van der Waals surface area contributed by atoms with Crippen molar-refractivity contribution in [3.8, 4) is 0 Å². The number of carbonyl (C=O) groups is 1. The summed E-state index contributed by atoms with van der Waals surface area (Å²) in [4.78, 5) is 35.8. The van der Waals surface area contributed by atoms with E-state index in [2.05, 4.69) is 18.7 Å². The van der Waals surface area contributed by atoms with E-state index < -0.39 is 0 Å². The van der Waals surface area contributed by atoms with E-state index >= 15 is 0 Å². The van der Waals surface area contributed by atoms with Crippen molar-refractivity contribution in [3.63, 3.8) is 0 Å². The minimum atomic E-state index is -0.188. The zero-order valence-corrected chi connectivity index (χ0v) is 21.1. The molecule has 4 rings (SSSR count). The number of thiocarbonyl (C=S) groups is 1. The van der Waals surface area contributed by atoms with Gasteiger partial charge in [-0.05, 0) is 43.0 Å². The Balaban J connectivity index is 1.72. The summed E-state index contributed by atoms with van der Waals surface area (Å²) in [5.74, 6) is 0.460. The van der Waals surface area contributed by atoms with Crippen molar-refractivity contribution in [1.29, 1.82) is 0 Å². The number of thioether (sulfide) groups is 1. The van der Waals surface area contributed by atoms with E-state index in [-0.39, 0.29) is 11.5 Å². The van der Waals surface area contributed by atoms with Gasteiger partial charge < -0.3 is 4.90 Å². The third-order valence-electron chi connectivity index (χ3n) is 5.65. The van der Waals surface area contributed by atoms with Crippen molar-refractivity contribution in [3.05, 3.63) is 81.1 Å². The van der Waals surface area contributed by atoms with E-state index in [0.717, 1.165) is 31.5 Å². The molecule has 0 aliphatic carbocycles. The lowest BCUT2D eigenvalue weighted by Crippen LogP contribution is -2.31. The van der Waals surface area contributed by atoms with Crippen molar-refractivity contribution in [2.45, 2.75) is 33.1 Å². The Bertz CT molecular complexity index is 1280. The normalized spacial score (nSPS) is 15.0. The number of fused-ring (bicyclic) bond motifs is 1. The Kier molecular flexibility index (Phi) is 7.80. The SMILES string of the molecule is CCCN(CCC)c1nc2ccccn2c(=O)c1/C=C1\SC(=S)N(CCc2ccccc2)C1=O. The Morgan fingerprint density at radius 3 is 2.44 bits per heavy atom. The number of hydrogen-bond acceptors (Lipinski definition) is 6. The number of amides is 1. The van der Waals surface area contributed by atoms with Crippen LogP contribution in [0.5, 0.6) is 0 Å². The van der Waals surface area contributed by atoms with E-state index in [9.17, 15) is 9.59 Å². The van der Waals surface area contributed by atoms with E-state index in [1.54, 1.807) is 23.2 Å². The number of aromatic nitrogens is 2. The molecule has 0 unspecified atom stereocenters. The maximum Gasteiger partial charge on any atom is 0.267 e. The smallest absolute Gasteiger partial charge is 0.267 e. The van der Waals surface area contributed by atoms with Gasteiger partial charge in [0, 0.05) is 25.8 Å². The van der Waals surface area contributed by atoms with Gasteiger partial charge in [0.1, 0.15) is 15.8 Å². The minimum Gasteiger partial charge on any atom is -0.356 e. The van der Waals surface area contributed by atoms with Crippen LogP contribution < -0.4 is 10.5 Å². The summed E-state index contributed by atoms with van der Waals surface area (Å²) in [6, 6.07) is 15.5. The van der Waals surface area contributed by atoms with Crippen LogP contribution >= 0.6 is 24.0 Å². The van der Waals surface area contributed by atoms with Crippen LogP contribution in [0.15, 0.2) is 64.4 Å². The highest BCUT2D eigenvalue weighted by atomic mass is 32.2. The fourth-order valence-corrected chi connectivity index (χ4v) is 5.32. The van der Waals surface area contributed by atoms with E-state index in [1.807, 2.05) is 42.5 Å². The number of pyridine rings is 1. The van der Waals surface area contributed by atoms with Gasteiger partial charge >= 0.3 is 0 Å². The maximum atomic E-state index is 13.5. The van der Waals surface area contributed by atoms with Crippen LogP contribution in [-0.4, -0.2) is 44.1 Å². The summed E-state index contributed by atoms with van der Waals surface area (Å²) in [7, 11) is 0. The highest BCUT2D eigenvalue weighted by Crippen LogP contribution is 2.33. The second-order valence-electron chi connectivity index (χ2n) is 8.14. The zero-order valence-electron chi connectivity index (χ0n) is 19.4.